The van der Waals surface area contributed by atoms with Crippen molar-refractivity contribution in [3.63, 3.8) is 0 Å². The molecule has 0 atom stereocenters. The van der Waals surface area contributed by atoms with Crippen LogP contribution in [0.15, 0.2) is 65.7 Å². The Labute approximate surface area is 152 Å². The molecule has 0 saturated carbocycles. The normalized spacial score (nSPS) is 15.2. The summed E-state index contributed by atoms with van der Waals surface area (Å²) in [6.07, 6.45) is 6.77. The maximum absolute atomic E-state index is 12.1. The fourth-order valence-electron chi connectivity index (χ4n) is 3.56. The molecule has 2 aromatic heterocycles. The second-order valence-electron chi connectivity index (χ2n) is 6.81. The Kier molecular flexibility index (Phi) is 4.78. The minimum atomic E-state index is -0.117. The molecule has 5 nitrogen and oxygen atoms in total. The quantitative estimate of drug-likeness (QED) is 0.787. The fourth-order valence-corrected chi connectivity index (χ4v) is 3.56. The van der Waals surface area contributed by atoms with Crippen molar-refractivity contribution in [3.8, 4) is 11.3 Å². The van der Waals surface area contributed by atoms with Crippen LogP contribution in [-0.2, 0) is 6.42 Å². The molecule has 1 saturated heterocycles. The largest absolute Gasteiger partial charge is 0.342 e. The number of rotatable bonds is 4. The highest BCUT2D eigenvalue weighted by Crippen LogP contribution is 2.24. The topological polar surface area (TPSA) is 61.9 Å². The number of benzene rings is 1. The van der Waals surface area contributed by atoms with E-state index < -0.39 is 0 Å². The molecule has 0 aliphatic carbocycles. The Balaban J connectivity index is 1.46. The van der Waals surface area contributed by atoms with Gasteiger partial charge in [0.25, 0.3) is 5.56 Å². The zero-order chi connectivity index (χ0) is 17.8. The molecule has 1 aliphatic rings. The number of aromatic nitrogens is 3. The smallest absolute Gasteiger partial charge is 0.252 e. The maximum Gasteiger partial charge on any atom is 0.252 e. The van der Waals surface area contributed by atoms with E-state index in [1.807, 2.05) is 12.1 Å². The first-order valence-corrected chi connectivity index (χ1v) is 9.08. The van der Waals surface area contributed by atoms with Crippen molar-refractivity contribution in [1.82, 2.24) is 15.0 Å². The molecule has 0 spiro atoms. The van der Waals surface area contributed by atoms with Crippen LogP contribution in [0, 0.1) is 5.92 Å². The van der Waals surface area contributed by atoms with Gasteiger partial charge in [-0.15, -0.1) is 0 Å². The Hall–Kier alpha value is -2.95. The number of aromatic amines is 1. The van der Waals surface area contributed by atoms with E-state index in [0.29, 0.717) is 17.6 Å². The summed E-state index contributed by atoms with van der Waals surface area (Å²) < 4.78 is 0. The van der Waals surface area contributed by atoms with E-state index in [9.17, 15) is 4.79 Å². The molecule has 5 heteroatoms. The van der Waals surface area contributed by atoms with Gasteiger partial charge in [-0.25, -0.2) is 4.98 Å². The summed E-state index contributed by atoms with van der Waals surface area (Å²) in [7, 11) is 0. The van der Waals surface area contributed by atoms with Crippen LogP contribution in [0.2, 0.25) is 0 Å². The summed E-state index contributed by atoms with van der Waals surface area (Å²) >= 11 is 0. The standard InChI is InChI=1S/C21H22N4O/c26-20-15-19(18-6-10-22-11-7-18)23-21(24-20)25-12-8-17(9-13-25)14-16-4-2-1-3-5-16/h1-7,10-11,15,17H,8-9,12-14H2,(H,23,24,26). The van der Waals surface area contributed by atoms with Crippen molar-refractivity contribution >= 4 is 5.95 Å². The van der Waals surface area contributed by atoms with E-state index in [2.05, 4.69) is 50.2 Å². The van der Waals surface area contributed by atoms with Crippen molar-refractivity contribution in [2.45, 2.75) is 19.3 Å². The number of hydrogen-bond acceptors (Lipinski definition) is 4. The van der Waals surface area contributed by atoms with Crippen LogP contribution in [0.25, 0.3) is 11.3 Å². The number of hydrogen-bond donors (Lipinski definition) is 1. The summed E-state index contributed by atoms with van der Waals surface area (Å²) in [6, 6.07) is 15.9. The van der Waals surface area contributed by atoms with Gasteiger partial charge in [0.05, 0.1) is 5.69 Å². The first kappa shape index (κ1) is 16.5. The average Bonchev–Trinajstić information content (AvgIpc) is 2.70. The predicted octanol–water partition coefficient (Wildman–Crippen LogP) is 3.29. The molecule has 3 heterocycles. The van der Waals surface area contributed by atoms with Crippen LogP contribution in [0.5, 0.6) is 0 Å². The molecule has 4 rings (SSSR count). The van der Waals surface area contributed by atoms with Crippen molar-refractivity contribution < 1.29 is 0 Å². The number of piperidine rings is 1. The number of H-pyrrole nitrogens is 1. The highest BCUT2D eigenvalue weighted by molar-refractivity contribution is 5.59. The van der Waals surface area contributed by atoms with Gasteiger partial charge in [-0.2, -0.15) is 0 Å². The predicted molar refractivity (Wildman–Crippen MR) is 103 cm³/mol. The second kappa shape index (κ2) is 7.52. The fraction of sp³-hybridized carbons (Fsp3) is 0.286. The number of pyridine rings is 1. The van der Waals surface area contributed by atoms with Gasteiger partial charge < -0.3 is 4.90 Å². The summed E-state index contributed by atoms with van der Waals surface area (Å²) in [5.74, 6) is 1.35. The summed E-state index contributed by atoms with van der Waals surface area (Å²) in [5.41, 5.74) is 2.88. The van der Waals surface area contributed by atoms with Gasteiger partial charge in [-0.05, 0) is 42.9 Å². The highest BCUT2D eigenvalue weighted by Gasteiger charge is 2.21. The summed E-state index contributed by atoms with van der Waals surface area (Å²) in [6.45, 7) is 1.83. The third kappa shape index (κ3) is 3.82. The molecule has 0 bridgehead atoms. The first-order chi connectivity index (χ1) is 12.8. The van der Waals surface area contributed by atoms with Crippen LogP contribution >= 0.6 is 0 Å². The van der Waals surface area contributed by atoms with E-state index in [1.54, 1.807) is 18.5 Å². The van der Waals surface area contributed by atoms with Gasteiger partial charge in [0.2, 0.25) is 5.95 Å². The molecule has 3 aromatic rings. The SMILES string of the molecule is O=c1cc(-c2ccncc2)nc(N2CCC(Cc3ccccc3)CC2)[nH]1. The lowest BCUT2D eigenvalue weighted by Gasteiger charge is -2.32. The maximum atomic E-state index is 12.1. The lowest BCUT2D eigenvalue weighted by molar-refractivity contribution is 0.400. The average molecular weight is 346 g/mol. The minimum Gasteiger partial charge on any atom is -0.342 e. The number of anilines is 1. The summed E-state index contributed by atoms with van der Waals surface area (Å²) in [4.78, 5) is 25.9. The van der Waals surface area contributed by atoms with E-state index in [0.717, 1.165) is 37.9 Å². The molecule has 1 N–H and O–H groups in total. The Morgan fingerprint density at radius 2 is 1.77 bits per heavy atom. The van der Waals surface area contributed by atoms with E-state index >= 15 is 0 Å². The lowest BCUT2D eigenvalue weighted by Crippen LogP contribution is -2.36. The molecule has 132 valence electrons. The first-order valence-electron chi connectivity index (χ1n) is 9.08. The van der Waals surface area contributed by atoms with E-state index in [4.69, 9.17) is 0 Å². The third-order valence-electron chi connectivity index (χ3n) is 4.99. The van der Waals surface area contributed by atoms with Gasteiger partial charge in [0, 0.05) is 37.1 Å². The van der Waals surface area contributed by atoms with Gasteiger partial charge in [-0.1, -0.05) is 30.3 Å². The Bertz CT molecular complexity index is 900. The van der Waals surface area contributed by atoms with Crippen molar-refractivity contribution in [2.24, 2.45) is 5.92 Å². The molecule has 0 radical (unpaired) electrons. The number of nitrogens with one attached hydrogen (secondary N) is 1. The Morgan fingerprint density at radius 1 is 1.04 bits per heavy atom. The second-order valence-corrected chi connectivity index (χ2v) is 6.81. The van der Waals surface area contributed by atoms with Gasteiger partial charge in [0.1, 0.15) is 0 Å². The van der Waals surface area contributed by atoms with Crippen LogP contribution in [-0.4, -0.2) is 28.0 Å². The molecule has 1 aliphatic heterocycles. The molecule has 0 amide bonds. The van der Waals surface area contributed by atoms with Crippen LogP contribution in [0.4, 0.5) is 5.95 Å². The monoisotopic (exact) mass is 346 g/mol. The molecule has 1 aromatic carbocycles. The van der Waals surface area contributed by atoms with Crippen LogP contribution < -0.4 is 10.5 Å². The van der Waals surface area contributed by atoms with Crippen LogP contribution in [0.1, 0.15) is 18.4 Å². The van der Waals surface area contributed by atoms with E-state index in [-0.39, 0.29) is 5.56 Å². The van der Waals surface area contributed by atoms with E-state index in [1.165, 1.54) is 5.56 Å². The minimum absolute atomic E-state index is 0.117. The van der Waals surface area contributed by atoms with Crippen molar-refractivity contribution in [2.75, 3.05) is 18.0 Å². The third-order valence-corrected chi connectivity index (χ3v) is 4.99. The molecular formula is C21H22N4O. The molecular weight excluding hydrogens is 324 g/mol. The highest BCUT2D eigenvalue weighted by atomic mass is 16.1. The molecule has 0 unspecified atom stereocenters. The Morgan fingerprint density at radius 3 is 2.50 bits per heavy atom. The zero-order valence-electron chi connectivity index (χ0n) is 14.6. The zero-order valence-corrected chi connectivity index (χ0v) is 14.6. The van der Waals surface area contributed by atoms with Gasteiger partial charge in [0.15, 0.2) is 0 Å². The lowest BCUT2D eigenvalue weighted by atomic mass is 9.90. The number of nitrogens with zero attached hydrogens (tertiary/aromatic N) is 3. The summed E-state index contributed by atoms with van der Waals surface area (Å²) in [5, 5.41) is 0. The van der Waals surface area contributed by atoms with Gasteiger partial charge in [-0.3, -0.25) is 14.8 Å². The van der Waals surface area contributed by atoms with Crippen molar-refractivity contribution in [1.29, 1.82) is 0 Å². The van der Waals surface area contributed by atoms with Gasteiger partial charge >= 0.3 is 0 Å². The molecule has 1 fully saturated rings. The molecule has 26 heavy (non-hydrogen) atoms. The van der Waals surface area contributed by atoms with Crippen molar-refractivity contribution in [3.05, 3.63) is 76.8 Å². The van der Waals surface area contributed by atoms with Crippen LogP contribution in [0.3, 0.4) is 0 Å².